The number of rotatable bonds is 3. The van der Waals surface area contributed by atoms with E-state index < -0.39 is 0 Å². The number of hydrogen-bond acceptors (Lipinski definition) is 3. The van der Waals surface area contributed by atoms with Crippen molar-refractivity contribution in [2.24, 2.45) is 0 Å². The minimum absolute atomic E-state index is 0.179. The molecular weight excluding hydrogens is 178 g/mol. The molecule has 1 rings (SSSR count). The summed E-state index contributed by atoms with van der Waals surface area (Å²) in [6.07, 6.45) is 3.45. The van der Waals surface area contributed by atoms with Crippen LogP contribution in [-0.2, 0) is 9.53 Å². The molecule has 3 nitrogen and oxygen atoms in total. The third kappa shape index (κ3) is 2.31. The molecule has 0 aromatic carbocycles. The van der Waals surface area contributed by atoms with Crippen molar-refractivity contribution in [3.8, 4) is 0 Å². The maximum Gasteiger partial charge on any atom is 0.313 e. The Hall–Kier alpha value is -1.38. The largest absolute Gasteiger partial charge is 0.466 e. The average Bonchev–Trinajstić information content (AvgIpc) is 2.18. The van der Waals surface area contributed by atoms with Crippen molar-refractivity contribution in [1.29, 1.82) is 0 Å². The summed E-state index contributed by atoms with van der Waals surface area (Å²) in [7, 11) is 0. The summed E-state index contributed by atoms with van der Waals surface area (Å²) in [5.41, 5.74) is 2.01. The maximum atomic E-state index is 11.5. The molecular formula is C11H15NO2. The van der Waals surface area contributed by atoms with Crippen molar-refractivity contribution in [3.63, 3.8) is 0 Å². The van der Waals surface area contributed by atoms with Crippen molar-refractivity contribution in [3.05, 3.63) is 29.6 Å². The second kappa shape index (κ2) is 4.74. The van der Waals surface area contributed by atoms with Gasteiger partial charge in [0.25, 0.3) is 0 Å². The number of hydrogen-bond donors (Lipinski definition) is 0. The first-order valence-electron chi connectivity index (χ1n) is 4.74. The molecule has 0 saturated heterocycles. The third-order valence-electron chi connectivity index (χ3n) is 2.17. The molecule has 3 heteroatoms. The number of carbonyl (C=O) groups is 1. The van der Waals surface area contributed by atoms with Gasteiger partial charge in [-0.3, -0.25) is 9.78 Å². The minimum atomic E-state index is -0.210. The summed E-state index contributed by atoms with van der Waals surface area (Å²) < 4.78 is 4.95. The highest BCUT2D eigenvalue weighted by Gasteiger charge is 2.17. The van der Waals surface area contributed by atoms with Gasteiger partial charge < -0.3 is 4.74 Å². The molecule has 1 aromatic rings. The van der Waals surface area contributed by atoms with Gasteiger partial charge in [-0.15, -0.1) is 0 Å². The van der Waals surface area contributed by atoms with Crippen LogP contribution >= 0.6 is 0 Å². The predicted molar refractivity (Wildman–Crippen MR) is 54.0 cm³/mol. The number of carbonyl (C=O) groups excluding carboxylic acids is 1. The molecule has 0 aliphatic heterocycles. The molecule has 0 spiro atoms. The highest BCUT2D eigenvalue weighted by molar-refractivity contribution is 5.78. The van der Waals surface area contributed by atoms with Crippen LogP contribution in [0.2, 0.25) is 0 Å². The normalized spacial score (nSPS) is 12.2. The molecule has 0 fully saturated rings. The van der Waals surface area contributed by atoms with Gasteiger partial charge in [0.2, 0.25) is 0 Å². The van der Waals surface area contributed by atoms with E-state index in [0.717, 1.165) is 11.1 Å². The Morgan fingerprint density at radius 2 is 2.36 bits per heavy atom. The van der Waals surface area contributed by atoms with Crippen molar-refractivity contribution < 1.29 is 9.53 Å². The van der Waals surface area contributed by atoms with E-state index in [1.54, 1.807) is 12.4 Å². The van der Waals surface area contributed by atoms with E-state index in [1.165, 1.54) is 0 Å². The van der Waals surface area contributed by atoms with E-state index in [-0.39, 0.29) is 11.9 Å². The van der Waals surface area contributed by atoms with Gasteiger partial charge in [-0.25, -0.2) is 0 Å². The molecule has 14 heavy (non-hydrogen) atoms. The van der Waals surface area contributed by atoms with Gasteiger partial charge in [-0.2, -0.15) is 0 Å². The fraction of sp³-hybridized carbons (Fsp3) is 0.455. The lowest BCUT2D eigenvalue weighted by molar-refractivity contribution is -0.144. The zero-order chi connectivity index (χ0) is 10.6. The summed E-state index contributed by atoms with van der Waals surface area (Å²) in [5, 5.41) is 0. The minimum Gasteiger partial charge on any atom is -0.466 e. The van der Waals surface area contributed by atoms with Gasteiger partial charge >= 0.3 is 5.97 Å². The Kier molecular flexibility index (Phi) is 3.63. The van der Waals surface area contributed by atoms with Crippen LogP contribution in [0.1, 0.15) is 30.9 Å². The molecule has 1 heterocycles. The Bertz CT molecular complexity index is 323. The fourth-order valence-electron chi connectivity index (χ4n) is 1.36. The molecule has 0 radical (unpaired) electrons. The molecule has 1 atom stereocenters. The summed E-state index contributed by atoms with van der Waals surface area (Å²) in [6.45, 7) is 6.02. The van der Waals surface area contributed by atoms with Crippen LogP contribution in [0.4, 0.5) is 0 Å². The first kappa shape index (κ1) is 10.7. The number of ether oxygens (including phenoxy) is 1. The molecule has 0 bridgehead atoms. The number of aromatic nitrogens is 1. The van der Waals surface area contributed by atoms with Crippen molar-refractivity contribution in [2.75, 3.05) is 6.61 Å². The van der Waals surface area contributed by atoms with Crippen LogP contribution < -0.4 is 0 Å². The van der Waals surface area contributed by atoms with Crippen LogP contribution in [0.25, 0.3) is 0 Å². The Balaban J connectivity index is 2.84. The van der Waals surface area contributed by atoms with Gasteiger partial charge in [-0.05, 0) is 38.0 Å². The molecule has 1 unspecified atom stereocenters. The van der Waals surface area contributed by atoms with E-state index in [1.807, 2.05) is 26.8 Å². The van der Waals surface area contributed by atoms with Crippen molar-refractivity contribution in [1.82, 2.24) is 4.98 Å². The lowest BCUT2D eigenvalue weighted by Crippen LogP contribution is -2.14. The highest BCUT2D eigenvalue weighted by Crippen LogP contribution is 2.19. The summed E-state index contributed by atoms with van der Waals surface area (Å²) >= 11 is 0. The lowest BCUT2D eigenvalue weighted by atomic mass is 9.99. The van der Waals surface area contributed by atoms with Gasteiger partial charge in [0, 0.05) is 12.4 Å². The van der Waals surface area contributed by atoms with Crippen LogP contribution in [0.15, 0.2) is 18.5 Å². The molecule has 0 aliphatic carbocycles. The zero-order valence-electron chi connectivity index (χ0n) is 8.78. The van der Waals surface area contributed by atoms with Crippen LogP contribution in [0, 0.1) is 6.92 Å². The number of nitrogens with zero attached hydrogens (tertiary/aromatic N) is 1. The summed E-state index contributed by atoms with van der Waals surface area (Å²) in [4.78, 5) is 15.4. The molecule has 0 saturated carbocycles. The highest BCUT2D eigenvalue weighted by atomic mass is 16.5. The Morgan fingerprint density at radius 3 is 2.93 bits per heavy atom. The topological polar surface area (TPSA) is 39.2 Å². The van der Waals surface area contributed by atoms with E-state index in [2.05, 4.69) is 4.98 Å². The lowest BCUT2D eigenvalue weighted by Gasteiger charge is -2.12. The second-order valence-electron chi connectivity index (χ2n) is 3.21. The van der Waals surface area contributed by atoms with E-state index >= 15 is 0 Å². The van der Waals surface area contributed by atoms with Gasteiger partial charge in [-0.1, -0.05) is 0 Å². The molecule has 0 N–H and O–H groups in total. The average molecular weight is 193 g/mol. The molecule has 1 aromatic heterocycles. The third-order valence-corrected chi connectivity index (χ3v) is 2.17. The summed E-state index contributed by atoms with van der Waals surface area (Å²) in [6, 6.07) is 1.86. The molecule has 0 amide bonds. The van der Waals surface area contributed by atoms with Gasteiger partial charge in [0.1, 0.15) is 0 Å². The Morgan fingerprint density at radius 1 is 1.64 bits per heavy atom. The van der Waals surface area contributed by atoms with Crippen LogP contribution in [-0.4, -0.2) is 17.6 Å². The quantitative estimate of drug-likeness (QED) is 0.690. The Labute approximate surface area is 84.1 Å². The smallest absolute Gasteiger partial charge is 0.313 e. The van der Waals surface area contributed by atoms with Crippen molar-refractivity contribution >= 4 is 5.97 Å². The van der Waals surface area contributed by atoms with Crippen LogP contribution in [0.5, 0.6) is 0 Å². The number of aryl methyl sites for hydroxylation is 1. The van der Waals surface area contributed by atoms with Crippen molar-refractivity contribution in [2.45, 2.75) is 26.7 Å². The molecule has 76 valence electrons. The monoisotopic (exact) mass is 193 g/mol. The standard InChI is InChI=1S/C11H15NO2/c1-4-14-11(13)9(3)10-5-6-12-7-8(10)2/h5-7,9H,4H2,1-3H3. The van der Waals surface area contributed by atoms with E-state index in [9.17, 15) is 4.79 Å². The van der Waals surface area contributed by atoms with Crippen LogP contribution in [0.3, 0.4) is 0 Å². The first-order valence-corrected chi connectivity index (χ1v) is 4.74. The fourth-order valence-corrected chi connectivity index (χ4v) is 1.36. The molecule has 0 aliphatic rings. The SMILES string of the molecule is CCOC(=O)C(C)c1ccncc1C. The van der Waals surface area contributed by atoms with Gasteiger partial charge in [0.05, 0.1) is 12.5 Å². The van der Waals surface area contributed by atoms with E-state index in [0.29, 0.717) is 6.61 Å². The zero-order valence-corrected chi connectivity index (χ0v) is 8.78. The van der Waals surface area contributed by atoms with E-state index in [4.69, 9.17) is 4.74 Å². The van der Waals surface area contributed by atoms with Gasteiger partial charge in [0.15, 0.2) is 0 Å². The second-order valence-corrected chi connectivity index (χ2v) is 3.21. The number of esters is 1. The number of pyridine rings is 1. The predicted octanol–water partition coefficient (Wildman–Crippen LogP) is 2.06. The maximum absolute atomic E-state index is 11.5. The summed E-state index contributed by atoms with van der Waals surface area (Å²) in [5.74, 6) is -0.389. The first-order chi connectivity index (χ1) is 6.66.